The lowest BCUT2D eigenvalue weighted by Gasteiger charge is -2.27. The SMILES string of the molecule is Cc1ccc(/C=C/C(=O)NC(=S)N(CC2CC2)CC2CCCO2)cc1. The summed E-state index contributed by atoms with van der Waals surface area (Å²) in [6.07, 6.45) is 8.28. The lowest BCUT2D eigenvalue weighted by Crippen LogP contribution is -2.46. The number of hydrogen-bond acceptors (Lipinski definition) is 3. The molecule has 2 aliphatic rings. The maximum atomic E-state index is 12.2. The Morgan fingerprint density at radius 1 is 1.28 bits per heavy atom. The molecule has 1 aliphatic carbocycles. The van der Waals surface area contributed by atoms with Crippen LogP contribution in [0.3, 0.4) is 0 Å². The Bertz CT molecular complexity index is 632. The molecule has 134 valence electrons. The first-order valence-electron chi connectivity index (χ1n) is 9.06. The molecule has 0 spiro atoms. The van der Waals surface area contributed by atoms with Crippen molar-refractivity contribution in [1.82, 2.24) is 10.2 Å². The molecule has 25 heavy (non-hydrogen) atoms. The third-order valence-electron chi connectivity index (χ3n) is 4.65. The van der Waals surface area contributed by atoms with Crippen molar-refractivity contribution in [2.45, 2.75) is 38.7 Å². The second-order valence-corrected chi connectivity index (χ2v) is 7.41. The van der Waals surface area contributed by atoms with E-state index >= 15 is 0 Å². The van der Waals surface area contributed by atoms with E-state index in [-0.39, 0.29) is 12.0 Å². The van der Waals surface area contributed by atoms with Crippen LogP contribution in [-0.2, 0) is 9.53 Å². The average molecular weight is 359 g/mol. The molecule has 1 unspecified atom stereocenters. The summed E-state index contributed by atoms with van der Waals surface area (Å²) in [5, 5.41) is 3.36. The minimum absolute atomic E-state index is 0.182. The minimum atomic E-state index is -0.182. The highest BCUT2D eigenvalue weighted by Gasteiger charge is 2.28. The van der Waals surface area contributed by atoms with Crippen molar-refractivity contribution in [2.24, 2.45) is 5.92 Å². The van der Waals surface area contributed by atoms with Gasteiger partial charge in [0.1, 0.15) is 0 Å². The number of nitrogens with one attached hydrogen (secondary N) is 1. The fourth-order valence-electron chi connectivity index (χ4n) is 2.96. The number of aryl methyl sites for hydroxylation is 1. The molecule has 1 saturated carbocycles. The van der Waals surface area contributed by atoms with E-state index in [0.29, 0.717) is 11.0 Å². The van der Waals surface area contributed by atoms with E-state index in [0.717, 1.165) is 38.1 Å². The molecule has 3 rings (SSSR count). The van der Waals surface area contributed by atoms with Crippen LogP contribution >= 0.6 is 12.2 Å². The standard InChI is InChI=1S/C20H26N2O2S/c1-15-4-6-16(7-5-15)10-11-19(23)21-20(25)22(13-17-8-9-17)14-18-3-2-12-24-18/h4-7,10-11,17-18H,2-3,8-9,12-14H2,1H3,(H,21,23,25)/b11-10+. The van der Waals surface area contributed by atoms with E-state index in [2.05, 4.69) is 10.2 Å². The summed E-state index contributed by atoms with van der Waals surface area (Å²) in [7, 11) is 0. The number of carbonyl (C=O) groups excluding carboxylic acids is 1. The second kappa shape index (κ2) is 8.59. The maximum absolute atomic E-state index is 12.2. The van der Waals surface area contributed by atoms with Crippen molar-refractivity contribution < 1.29 is 9.53 Å². The van der Waals surface area contributed by atoms with E-state index in [1.165, 1.54) is 18.4 Å². The molecular weight excluding hydrogens is 332 g/mol. The van der Waals surface area contributed by atoms with Gasteiger partial charge in [0.15, 0.2) is 5.11 Å². The molecule has 2 fully saturated rings. The number of amides is 1. The molecule has 5 heteroatoms. The van der Waals surface area contributed by atoms with Crippen molar-refractivity contribution in [2.75, 3.05) is 19.7 Å². The van der Waals surface area contributed by atoms with E-state index in [4.69, 9.17) is 17.0 Å². The normalized spacial score (nSPS) is 20.0. The zero-order valence-electron chi connectivity index (χ0n) is 14.7. The zero-order valence-corrected chi connectivity index (χ0v) is 15.6. The van der Waals surface area contributed by atoms with Crippen LogP contribution in [0.1, 0.15) is 36.8 Å². The highest BCUT2D eigenvalue weighted by molar-refractivity contribution is 7.80. The topological polar surface area (TPSA) is 41.6 Å². The van der Waals surface area contributed by atoms with Gasteiger partial charge in [0.2, 0.25) is 5.91 Å². The molecule has 1 amide bonds. The molecular formula is C20H26N2O2S. The summed E-state index contributed by atoms with van der Waals surface area (Å²) in [5.41, 5.74) is 2.20. The zero-order chi connectivity index (χ0) is 17.6. The number of benzene rings is 1. The van der Waals surface area contributed by atoms with Crippen molar-refractivity contribution in [3.05, 3.63) is 41.5 Å². The quantitative estimate of drug-likeness (QED) is 0.626. The van der Waals surface area contributed by atoms with Gasteiger partial charge in [-0.05, 0) is 62.4 Å². The van der Waals surface area contributed by atoms with E-state index < -0.39 is 0 Å². The van der Waals surface area contributed by atoms with Crippen LogP contribution in [0.15, 0.2) is 30.3 Å². The Kier molecular flexibility index (Phi) is 6.21. The molecule has 1 saturated heterocycles. The molecule has 0 radical (unpaired) electrons. The number of thiocarbonyl (C=S) groups is 1. The highest BCUT2D eigenvalue weighted by Crippen LogP contribution is 2.30. The maximum Gasteiger partial charge on any atom is 0.250 e. The van der Waals surface area contributed by atoms with E-state index in [1.54, 1.807) is 6.08 Å². The Morgan fingerprint density at radius 3 is 2.68 bits per heavy atom. The Morgan fingerprint density at radius 2 is 2.04 bits per heavy atom. The first-order valence-corrected chi connectivity index (χ1v) is 9.47. The number of nitrogens with zero attached hydrogens (tertiary/aromatic N) is 1. The van der Waals surface area contributed by atoms with E-state index in [1.807, 2.05) is 37.3 Å². The van der Waals surface area contributed by atoms with Gasteiger partial charge in [0.25, 0.3) is 0 Å². The largest absolute Gasteiger partial charge is 0.376 e. The van der Waals surface area contributed by atoms with Crippen LogP contribution < -0.4 is 5.32 Å². The molecule has 1 atom stereocenters. The van der Waals surface area contributed by atoms with Crippen molar-refractivity contribution >= 4 is 29.3 Å². The average Bonchev–Trinajstić information content (AvgIpc) is 3.26. The summed E-state index contributed by atoms with van der Waals surface area (Å²) in [4.78, 5) is 14.3. The van der Waals surface area contributed by atoms with Gasteiger partial charge in [-0.2, -0.15) is 0 Å². The van der Waals surface area contributed by atoms with Gasteiger partial charge >= 0.3 is 0 Å². The first kappa shape index (κ1) is 18.1. The summed E-state index contributed by atoms with van der Waals surface area (Å²) in [5.74, 6) is 0.526. The molecule has 0 bridgehead atoms. The first-order chi connectivity index (χ1) is 12.1. The monoisotopic (exact) mass is 358 g/mol. The fraction of sp³-hybridized carbons (Fsp3) is 0.500. The lowest BCUT2D eigenvalue weighted by molar-refractivity contribution is -0.115. The number of carbonyl (C=O) groups is 1. The van der Waals surface area contributed by atoms with Gasteiger partial charge in [-0.3, -0.25) is 10.1 Å². The van der Waals surface area contributed by atoms with Crippen LogP contribution in [0.5, 0.6) is 0 Å². The second-order valence-electron chi connectivity index (χ2n) is 7.02. The van der Waals surface area contributed by atoms with Crippen molar-refractivity contribution in [3.8, 4) is 0 Å². The van der Waals surface area contributed by atoms with E-state index in [9.17, 15) is 4.79 Å². The van der Waals surface area contributed by atoms with Crippen LogP contribution in [-0.4, -0.2) is 41.7 Å². The van der Waals surface area contributed by atoms with Crippen LogP contribution in [0.25, 0.3) is 6.08 Å². The summed E-state index contributed by atoms with van der Waals surface area (Å²) in [6.45, 7) is 4.57. The minimum Gasteiger partial charge on any atom is -0.376 e. The van der Waals surface area contributed by atoms with Gasteiger partial charge in [-0.25, -0.2) is 0 Å². The van der Waals surface area contributed by atoms with Crippen molar-refractivity contribution in [1.29, 1.82) is 0 Å². The van der Waals surface area contributed by atoms with Crippen LogP contribution in [0, 0.1) is 12.8 Å². The smallest absolute Gasteiger partial charge is 0.250 e. The summed E-state index contributed by atoms with van der Waals surface area (Å²) in [6, 6.07) is 8.05. The Labute approximate surface area is 155 Å². The Hall–Kier alpha value is -1.72. The fourth-order valence-corrected chi connectivity index (χ4v) is 3.21. The molecule has 4 nitrogen and oxygen atoms in total. The number of hydrogen-bond donors (Lipinski definition) is 1. The number of ether oxygens (including phenoxy) is 1. The molecule has 0 aromatic heterocycles. The molecule has 1 aliphatic heterocycles. The summed E-state index contributed by atoms with van der Waals surface area (Å²) >= 11 is 5.49. The Balaban J connectivity index is 1.53. The van der Waals surface area contributed by atoms with Gasteiger partial charge in [-0.1, -0.05) is 29.8 Å². The van der Waals surface area contributed by atoms with Gasteiger partial charge < -0.3 is 9.64 Å². The van der Waals surface area contributed by atoms with Gasteiger partial charge in [0.05, 0.1) is 6.10 Å². The van der Waals surface area contributed by atoms with Gasteiger partial charge in [-0.15, -0.1) is 0 Å². The van der Waals surface area contributed by atoms with Crippen molar-refractivity contribution in [3.63, 3.8) is 0 Å². The van der Waals surface area contributed by atoms with Gasteiger partial charge in [0, 0.05) is 25.8 Å². The third-order valence-corrected chi connectivity index (χ3v) is 5.01. The summed E-state index contributed by atoms with van der Waals surface area (Å²) < 4.78 is 5.73. The molecule has 1 aromatic rings. The highest BCUT2D eigenvalue weighted by atomic mass is 32.1. The molecule has 1 aromatic carbocycles. The lowest BCUT2D eigenvalue weighted by atomic mass is 10.1. The van der Waals surface area contributed by atoms with Crippen LogP contribution in [0.4, 0.5) is 0 Å². The molecule has 1 heterocycles. The third kappa shape index (κ3) is 5.94. The van der Waals surface area contributed by atoms with Crippen LogP contribution in [0.2, 0.25) is 0 Å². The number of rotatable bonds is 6. The predicted molar refractivity (Wildman–Crippen MR) is 104 cm³/mol. The predicted octanol–water partition coefficient (Wildman–Crippen LogP) is 3.30. The molecule has 1 N–H and O–H groups in total.